The number of nitrogens with one attached hydrogen (secondary N) is 2. The molecule has 1 aliphatic carbocycles. The zero-order valence-corrected chi connectivity index (χ0v) is 11.1. The van der Waals surface area contributed by atoms with Crippen molar-refractivity contribution in [1.29, 1.82) is 0 Å². The summed E-state index contributed by atoms with van der Waals surface area (Å²) in [7, 11) is 1.62. The van der Waals surface area contributed by atoms with Gasteiger partial charge in [-0.15, -0.1) is 0 Å². The molecular formula is C13H20N4O2. The number of ether oxygens (including phenoxy) is 1. The van der Waals surface area contributed by atoms with Gasteiger partial charge in [-0.05, 0) is 30.9 Å². The molecule has 1 amide bonds. The van der Waals surface area contributed by atoms with Crippen molar-refractivity contribution in [2.45, 2.75) is 19.3 Å². The van der Waals surface area contributed by atoms with Crippen molar-refractivity contribution in [3.8, 4) is 5.88 Å². The van der Waals surface area contributed by atoms with Crippen LogP contribution < -0.4 is 21.1 Å². The molecule has 1 aromatic heterocycles. The highest BCUT2D eigenvalue weighted by Gasteiger charge is 2.22. The van der Waals surface area contributed by atoms with Gasteiger partial charge in [0.1, 0.15) is 5.82 Å². The molecule has 0 bridgehead atoms. The summed E-state index contributed by atoms with van der Waals surface area (Å²) in [4.78, 5) is 15.4. The third-order valence-electron chi connectivity index (χ3n) is 2.98. The zero-order chi connectivity index (χ0) is 13.7. The Morgan fingerprint density at radius 3 is 3.00 bits per heavy atom. The third-order valence-corrected chi connectivity index (χ3v) is 2.98. The molecule has 0 unspecified atom stereocenters. The number of rotatable bonds is 7. The van der Waals surface area contributed by atoms with Crippen molar-refractivity contribution >= 4 is 17.4 Å². The predicted molar refractivity (Wildman–Crippen MR) is 74.0 cm³/mol. The number of carbonyl (C=O) groups is 1. The van der Waals surface area contributed by atoms with E-state index in [-0.39, 0.29) is 5.91 Å². The highest BCUT2D eigenvalue weighted by molar-refractivity contribution is 5.76. The SMILES string of the molecule is CNC(=O)CCNc1ccc(N)c(OCC2CC2)n1. The van der Waals surface area contributed by atoms with Crippen molar-refractivity contribution in [3.63, 3.8) is 0 Å². The van der Waals surface area contributed by atoms with Crippen LogP contribution >= 0.6 is 0 Å². The lowest BCUT2D eigenvalue weighted by Crippen LogP contribution is -2.21. The fraction of sp³-hybridized carbons (Fsp3) is 0.538. The summed E-state index contributed by atoms with van der Waals surface area (Å²) in [6, 6.07) is 3.54. The normalized spacial score (nSPS) is 13.9. The average Bonchev–Trinajstić information content (AvgIpc) is 3.23. The molecule has 19 heavy (non-hydrogen) atoms. The van der Waals surface area contributed by atoms with Gasteiger partial charge in [0.05, 0.1) is 12.3 Å². The van der Waals surface area contributed by atoms with Gasteiger partial charge in [0.2, 0.25) is 11.8 Å². The smallest absolute Gasteiger partial charge is 0.239 e. The van der Waals surface area contributed by atoms with E-state index >= 15 is 0 Å². The minimum absolute atomic E-state index is 0.00634. The fourth-order valence-electron chi connectivity index (χ4n) is 1.58. The Morgan fingerprint density at radius 1 is 1.53 bits per heavy atom. The average molecular weight is 264 g/mol. The number of nitrogens with two attached hydrogens (primary N) is 1. The molecule has 6 heteroatoms. The number of carbonyl (C=O) groups excluding carboxylic acids is 1. The molecule has 1 heterocycles. The topological polar surface area (TPSA) is 89.3 Å². The molecule has 1 aliphatic rings. The molecule has 1 aromatic rings. The Bertz CT molecular complexity index is 446. The van der Waals surface area contributed by atoms with Gasteiger partial charge in [0.25, 0.3) is 0 Å². The first-order valence-electron chi connectivity index (χ1n) is 6.53. The monoisotopic (exact) mass is 264 g/mol. The van der Waals surface area contributed by atoms with Crippen LogP contribution in [0.3, 0.4) is 0 Å². The van der Waals surface area contributed by atoms with Crippen LogP contribution in [0, 0.1) is 5.92 Å². The molecule has 0 aliphatic heterocycles. The van der Waals surface area contributed by atoms with Gasteiger partial charge in [-0.2, -0.15) is 4.98 Å². The second-order valence-corrected chi connectivity index (χ2v) is 4.70. The van der Waals surface area contributed by atoms with Crippen LogP contribution in [0.15, 0.2) is 12.1 Å². The lowest BCUT2D eigenvalue weighted by Gasteiger charge is -2.10. The summed E-state index contributed by atoms with van der Waals surface area (Å²) in [5.41, 5.74) is 6.35. The van der Waals surface area contributed by atoms with Crippen molar-refractivity contribution in [3.05, 3.63) is 12.1 Å². The number of hydrogen-bond acceptors (Lipinski definition) is 5. The first-order valence-corrected chi connectivity index (χ1v) is 6.53. The second kappa shape index (κ2) is 6.26. The van der Waals surface area contributed by atoms with Gasteiger partial charge in [-0.25, -0.2) is 0 Å². The van der Waals surface area contributed by atoms with Crippen LogP contribution in [0.2, 0.25) is 0 Å². The van der Waals surface area contributed by atoms with Crippen molar-refractivity contribution in [2.24, 2.45) is 5.92 Å². The van der Waals surface area contributed by atoms with Crippen LogP contribution in [0.25, 0.3) is 0 Å². The minimum Gasteiger partial charge on any atom is -0.476 e. The van der Waals surface area contributed by atoms with Gasteiger partial charge < -0.3 is 21.1 Å². The van der Waals surface area contributed by atoms with Crippen molar-refractivity contribution < 1.29 is 9.53 Å². The summed E-state index contributed by atoms with van der Waals surface area (Å²) in [6.45, 7) is 1.21. The Morgan fingerprint density at radius 2 is 2.32 bits per heavy atom. The molecule has 6 nitrogen and oxygen atoms in total. The summed E-state index contributed by atoms with van der Waals surface area (Å²) in [6.07, 6.45) is 2.86. The summed E-state index contributed by atoms with van der Waals surface area (Å²) in [5.74, 6) is 1.79. The largest absolute Gasteiger partial charge is 0.476 e. The van der Waals surface area contributed by atoms with Gasteiger partial charge in [0.15, 0.2) is 0 Å². The number of pyridine rings is 1. The molecule has 0 aromatic carbocycles. The van der Waals surface area contributed by atoms with E-state index in [0.717, 1.165) is 0 Å². The molecule has 2 rings (SSSR count). The first kappa shape index (κ1) is 13.5. The standard InChI is InChI=1S/C13H20N4O2/c1-15-12(18)6-7-16-11-5-4-10(14)13(17-11)19-8-9-2-3-9/h4-5,9H,2-3,6-8,14H2,1H3,(H,15,18)(H,16,17). The van der Waals surface area contributed by atoms with Crippen LogP contribution in [0.4, 0.5) is 11.5 Å². The lowest BCUT2D eigenvalue weighted by atomic mass is 10.3. The van der Waals surface area contributed by atoms with E-state index in [9.17, 15) is 4.79 Å². The predicted octanol–water partition coefficient (Wildman–Crippen LogP) is 1.00. The second-order valence-electron chi connectivity index (χ2n) is 4.70. The van der Waals surface area contributed by atoms with Crippen molar-refractivity contribution in [2.75, 3.05) is 31.2 Å². The van der Waals surface area contributed by atoms with Gasteiger partial charge in [0, 0.05) is 20.0 Å². The van der Waals surface area contributed by atoms with Gasteiger partial charge in [-0.3, -0.25) is 4.79 Å². The number of hydrogen-bond donors (Lipinski definition) is 3. The van der Waals surface area contributed by atoms with Crippen LogP contribution in [0.5, 0.6) is 5.88 Å². The Hall–Kier alpha value is -1.98. The van der Waals surface area contributed by atoms with E-state index in [4.69, 9.17) is 10.5 Å². The summed E-state index contributed by atoms with van der Waals surface area (Å²) in [5, 5.41) is 5.64. The lowest BCUT2D eigenvalue weighted by molar-refractivity contribution is -0.120. The quantitative estimate of drug-likeness (QED) is 0.683. The van der Waals surface area contributed by atoms with E-state index < -0.39 is 0 Å². The molecule has 0 atom stereocenters. The first-order chi connectivity index (χ1) is 9.19. The van der Waals surface area contributed by atoms with E-state index in [2.05, 4.69) is 15.6 Å². The summed E-state index contributed by atoms with van der Waals surface area (Å²) < 4.78 is 5.59. The van der Waals surface area contributed by atoms with Crippen LogP contribution in [-0.2, 0) is 4.79 Å². The number of nitrogens with zero attached hydrogens (tertiary/aromatic N) is 1. The van der Waals surface area contributed by atoms with Gasteiger partial charge in [-0.1, -0.05) is 0 Å². The molecule has 0 spiro atoms. The Kier molecular flexibility index (Phi) is 4.43. The molecule has 0 saturated heterocycles. The number of nitrogen functional groups attached to an aromatic ring is 1. The van der Waals surface area contributed by atoms with Crippen LogP contribution in [-0.4, -0.2) is 31.1 Å². The maximum atomic E-state index is 11.1. The molecule has 4 N–H and O–H groups in total. The Labute approximate surface area is 112 Å². The highest BCUT2D eigenvalue weighted by Crippen LogP contribution is 2.30. The highest BCUT2D eigenvalue weighted by atomic mass is 16.5. The van der Waals surface area contributed by atoms with Gasteiger partial charge >= 0.3 is 0 Å². The van der Waals surface area contributed by atoms with E-state index in [0.29, 0.717) is 42.9 Å². The van der Waals surface area contributed by atoms with E-state index in [1.54, 1.807) is 19.2 Å². The third kappa shape index (κ3) is 4.31. The molecule has 1 fully saturated rings. The molecule has 1 saturated carbocycles. The summed E-state index contributed by atoms with van der Waals surface area (Å²) >= 11 is 0. The maximum absolute atomic E-state index is 11.1. The minimum atomic E-state index is -0.00634. The van der Waals surface area contributed by atoms with Crippen molar-refractivity contribution in [1.82, 2.24) is 10.3 Å². The Balaban J connectivity index is 1.85. The molecular weight excluding hydrogens is 244 g/mol. The maximum Gasteiger partial charge on any atom is 0.239 e. The number of amides is 1. The number of aromatic nitrogens is 1. The van der Waals surface area contributed by atoms with Crippen LogP contribution in [0.1, 0.15) is 19.3 Å². The molecule has 0 radical (unpaired) electrons. The van der Waals surface area contributed by atoms with E-state index in [1.165, 1.54) is 12.8 Å². The zero-order valence-electron chi connectivity index (χ0n) is 11.1. The molecule has 104 valence electrons. The van der Waals surface area contributed by atoms with E-state index in [1.807, 2.05) is 0 Å². The number of anilines is 2. The fourth-order valence-corrected chi connectivity index (χ4v) is 1.58.